The highest BCUT2D eigenvalue weighted by atomic mass is 19.1. The maximum Gasteiger partial charge on any atom is 0.255 e. The topological polar surface area (TPSA) is 53.8 Å². The summed E-state index contributed by atoms with van der Waals surface area (Å²) in [6, 6.07) is 21.9. The first kappa shape index (κ1) is 15.6. The monoisotopic (exact) mass is 319 g/mol. The molecule has 0 aliphatic carbocycles. The number of nitrogens with zero attached hydrogens (tertiary/aromatic N) is 2. The van der Waals surface area contributed by atoms with Gasteiger partial charge < -0.3 is 5.32 Å². The van der Waals surface area contributed by atoms with Crippen LogP contribution in [0.25, 0.3) is 0 Å². The van der Waals surface area contributed by atoms with E-state index < -0.39 is 5.82 Å². The van der Waals surface area contributed by atoms with E-state index in [1.807, 2.05) is 30.3 Å². The molecule has 0 saturated heterocycles. The molecule has 24 heavy (non-hydrogen) atoms. The van der Waals surface area contributed by atoms with Gasteiger partial charge in [0.1, 0.15) is 5.82 Å². The molecular formula is C19H14FN3O. The van der Waals surface area contributed by atoms with E-state index in [0.717, 1.165) is 5.69 Å². The van der Waals surface area contributed by atoms with E-state index in [1.54, 1.807) is 30.3 Å². The molecule has 0 aliphatic rings. The van der Waals surface area contributed by atoms with E-state index in [1.165, 1.54) is 18.2 Å². The Balaban J connectivity index is 1.66. The number of hydrogen-bond donors (Lipinski definition) is 1. The third kappa shape index (κ3) is 4.10. The molecule has 4 nitrogen and oxygen atoms in total. The van der Waals surface area contributed by atoms with Crippen molar-refractivity contribution in [3.05, 3.63) is 90.2 Å². The lowest BCUT2D eigenvalue weighted by Gasteiger charge is -2.05. The fraction of sp³-hybridized carbons (Fsp3) is 0. The van der Waals surface area contributed by atoms with Crippen molar-refractivity contribution in [3.63, 3.8) is 0 Å². The van der Waals surface area contributed by atoms with Crippen LogP contribution in [-0.2, 0) is 0 Å². The van der Waals surface area contributed by atoms with E-state index in [-0.39, 0.29) is 11.5 Å². The second kappa shape index (κ2) is 7.28. The summed E-state index contributed by atoms with van der Waals surface area (Å²) in [7, 11) is 0. The maximum atomic E-state index is 13.1. The Bertz CT molecular complexity index is 861. The summed E-state index contributed by atoms with van der Waals surface area (Å²) >= 11 is 0. The molecule has 0 fully saturated rings. The van der Waals surface area contributed by atoms with E-state index >= 15 is 0 Å². The van der Waals surface area contributed by atoms with Crippen LogP contribution in [0.5, 0.6) is 0 Å². The third-order valence-corrected chi connectivity index (χ3v) is 3.25. The smallest absolute Gasteiger partial charge is 0.255 e. The molecule has 0 unspecified atom stereocenters. The minimum Gasteiger partial charge on any atom is -0.322 e. The van der Waals surface area contributed by atoms with Crippen LogP contribution in [0.1, 0.15) is 10.4 Å². The van der Waals surface area contributed by atoms with Crippen molar-refractivity contribution in [2.45, 2.75) is 0 Å². The van der Waals surface area contributed by atoms with E-state index in [2.05, 4.69) is 15.5 Å². The normalized spacial score (nSPS) is 10.7. The number of carbonyl (C=O) groups is 1. The van der Waals surface area contributed by atoms with Gasteiger partial charge in [-0.15, -0.1) is 0 Å². The summed E-state index contributed by atoms with van der Waals surface area (Å²) in [5, 5.41) is 11.0. The van der Waals surface area contributed by atoms with Crippen LogP contribution in [0.15, 0.2) is 89.1 Å². The molecule has 0 atom stereocenters. The van der Waals surface area contributed by atoms with Gasteiger partial charge in [0.2, 0.25) is 0 Å². The maximum absolute atomic E-state index is 13.1. The third-order valence-electron chi connectivity index (χ3n) is 3.25. The van der Waals surface area contributed by atoms with E-state index in [9.17, 15) is 9.18 Å². The van der Waals surface area contributed by atoms with Crippen LogP contribution < -0.4 is 5.32 Å². The van der Waals surface area contributed by atoms with Crippen LogP contribution in [0.3, 0.4) is 0 Å². The fourth-order valence-corrected chi connectivity index (χ4v) is 2.05. The average molecular weight is 319 g/mol. The molecule has 0 heterocycles. The van der Waals surface area contributed by atoms with Gasteiger partial charge in [0.25, 0.3) is 5.91 Å². The Morgan fingerprint density at radius 2 is 1.46 bits per heavy atom. The fourth-order valence-electron chi connectivity index (χ4n) is 2.05. The molecule has 1 amide bonds. The van der Waals surface area contributed by atoms with Gasteiger partial charge in [0, 0.05) is 11.3 Å². The minimum atomic E-state index is -0.445. The minimum absolute atomic E-state index is 0.267. The number of carbonyl (C=O) groups excluding carboxylic acids is 1. The van der Waals surface area contributed by atoms with Crippen molar-refractivity contribution in [1.82, 2.24) is 0 Å². The lowest BCUT2D eigenvalue weighted by atomic mass is 10.2. The highest BCUT2D eigenvalue weighted by Gasteiger charge is 2.06. The number of amides is 1. The Morgan fingerprint density at radius 1 is 0.792 bits per heavy atom. The van der Waals surface area contributed by atoms with Crippen LogP contribution >= 0.6 is 0 Å². The number of benzene rings is 3. The summed E-state index contributed by atoms with van der Waals surface area (Å²) in [4.78, 5) is 12.0. The Labute approximate surface area is 138 Å². The van der Waals surface area contributed by atoms with E-state index in [4.69, 9.17) is 0 Å². The van der Waals surface area contributed by atoms with Crippen LogP contribution in [0.4, 0.5) is 21.5 Å². The van der Waals surface area contributed by atoms with Gasteiger partial charge in [-0.05, 0) is 54.6 Å². The number of rotatable bonds is 4. The predicted molar refractivity (Wildman–Crippen MR) is 91.4 cm³/mol. The molecule has 1 N–H and O–H groups in total. The zero-order valence-corrected chi connectivity index (χ0v) is 12.7. The van der Waals surface area contributed by atoms with Gasteiger partial charge in [-0.25, -0.2) is 4.39 Å². The lowest BCUT2D eigenvalue weighted by Crippen LogP contribution is -2.11. The first-order valence-corrected chi connectivity index (χ1v) is 7.34. The zero-order chi connectivity index (χ0) is 16.8. The standard InChI is InChI=1S/C19H14FN3O/c20-15-6-4-5-14(13-15)19(24)21-16-9-11-18(12-10-16)23-22-17-7-2-1-3-8-17/h1-13H,(H,21,24). The second-order valence-electron chi connectivity index (χ2n) is 5.05. The summed E-state index contributed by atoms with van der Waals surface area (Å²) in [6.45, 7) is 0. The summed E-state index contributed by atoms with van der Waals surface area (Å²) in [5.41, 5.74) is 2.30. The van der Waals surface area contributed by atoms with Gasteiger partial charge in [-0.2, -0.15) is 10.2 Å². The average Bonchev–Trinajstić information content (AvgIpc) is 2.62. The number of hydrogen-bond acceptors (Lipinski definition) is 3. The quantitative estimate of drug-likeness (QED) is 0.635. The molecule has 118 valence electrons. The largest absolute Gasteiger partial charge is 0.322 e. The predicted octanol–water partition coefficient (Wildman–Crippen LogP) is 5.49. The number of anilines is 1. The summed E-state index contributed by atoms with van der Waals surface area (Å²) in [5.74, 6) is -0.813. The van der Waals surface area contributed by atoms with Crippen molar-refractivity contribution >= 4 is 23.0 Å². The summed E-state index contributed by atoms with van der Waals surface area (Å²) < 4.78 is 13.1. The Morgan fingerprint density at radius 3 is 2.12 bits per heavy atom. The second-order valence-corrected chi connectivity index (χ2v) is 5.05. The first-order chi connectivity index (χ1) is 11.7. The van der Waals surface area contributed by atoms with Crippen molar-refractivity contribution in [2.75, 3.05) is 5.32 Å². The molecule has 0 radical (unpaired) electrons. The number of nitrogens with one attached hydrogen (secondary N) is 1. The zero-order valence-electron chi connectivity index (χ0n) is 12.7. The molecule has 3 aromatic rings. The Kier molecular flexibility index (Phi) is 4.72. The van der Waals surface area contributed by atoms with Crippen molar-refractivity contribution in [2.24, 2.45) is 10.2 Å². The molecule has 0 saturated carbocycles. The summed E-state index contributed by atoms with van der Waals surface area (Å²) in [6.07, 6.45) is 0. The van der Waals surface area contributed by atoms with Crippen LogP contribution in [0, 0.1) is 5.82 Å². The van der Waals surface area contributed by atoms with Gasteiger partial charge in [0.15, 0.2) is 0 Å². The highest BCUT2D eigenvalue weighted by molar-refractivity contribution is 6.04. The number of halogens is 1. The van der Waals surface area contributed by atoms with Crippen LogP contribution in [-0.4, -0.2) is 5.91 Å². The molecule has 0 aromatic heterocycles. The van der Waals surface area contributed by atoms with Crippen molar-refractivity contribution in [3.8, 4) is 0 Å². The molecule has 3 rings (SSSR count). The molecule has 0 aliphatic heterocycles. The van der Waals surface area contributed by atoms with Crippen LogP contribution in [0.2, 0.25) is 0 Å². The van der Waals surface area contributed by atoms with Crippen molar-refractivity contribution in [1.29, 1.82) is 0 Å². The molecule has 5 heteroatoms. The molecule has 0 spiro atoms. The van der Waals surface area contributed by atoms with Gasteiger partial charge in [0.05, 0.1) is 11.4 Å². The first-order valence-electron chi connectivity index (χ1n) is 7.34. The Hall–Kier alpha value is -3.34. The van der Waals surface area contributed by atoms with Gasteiger partial charge in [-0.1, -0.05) is 24.3 Å². The van der Waals surface area contributed by atoms with E-state index in [0.29, 0.717) is 11.4 Å². The van der Waals surface area contributed by atoms with Gasteiger partial charge in [-0.3, -0.25) is 4.79 Å². The SMILES string of the molecule is O=C(Nc1ccc(N=Nc2ccccc2)cc1)c1cccc(F)c1. The lowest BCUT2D eigenvalue weighted by molar-refractivity contribution is 0.102. The van der Waals surface area contributed by atoms with Crippen molar-refractivity contribution < 1.29 is 9.18 Å². The molecule has 0 bridgehead atoms. The molecule has 3 aromatic carbocycles. The molecular weight excluding hydrogens is 305 g/mol. The highest BCUT2D eigenvalue weighted by Crippen LogP contribution is 2.20. The van der Waals surface area contributed by atoms with Gasteiger partial charge >= 0.3 is 0 Å². The number of azo groups is 1.